The molecule has 10 nitrogen and oxygen atoms in total. The van der Waals surface area contributed by atoms with Crippen LogP contribution in [-0.2, 0) is 0 Å². The van der Waals surface area contributed by atoms with Gasteiger partial charge in [-0.25, -0.2) is 4.98 Å². The number of aromatic nitrogens is 9. The Hall–Kier alpha value is -1.82. The number of carbonyl (C=O) groups excluding carboxylic acids is 1. The Balaban J connectivity index is 0.00000105. The predicted octanol–water partition coefficient (Wildman–Crippen LogP) is 0.160. The van der Waals surface area contributed by atoms with E-state index in [1.807, 2.05) is 24.3 Å². The Kier molecular flexibility index (Phi) is 5.94. The number of hydrogen-bond donors (Lipinski definition) is 2. The van der Waals surface area contributed by atoms with E-state index >= 15 is 0 Å². The molecule has 3 aromatic heterocycles. The Bertz CT molecular complexity index is 1130. The summed E-state index contributed by atoms with van der Waals surface area (Å²) in [7, 11) is 0. The summed E-state index contributed by atoms with van der Waals surface area (Å²) in [6, 6.07) is 7.44. The molecule has 0 fully saturated rings. The van der Waals surface area contributed by atoms with Gasteiger partial charge in [-0.2, -0.15) is 10.4 Å². The van der Waals surface area contributed by atoms with Gasteiger partial charge in [0.05, 0.1) is 11.2 Å². The number of hydrogen-bond acceptors (Lipinski definition) is 8. The van der Waals surface area contributed by atoms with Gasteiger partial charge in [-0.05, 0) is 23.4 Å². The summed E-state index contributed by atoms with van der Waals surface area (Å²) in [5.41, 5.74) is 2.70. The van der Waals surface area contributed by atoms with Crippen LogP contribution in [0, 0.1) is 0 Å². The maximum absolute atomic E-state index is 12.8. The van der Waals surface area contributed by atoms with Gasteiger partial charge < -0.3 is 0 Å². The minimum atomic E-state index is -0.552. The third-order valence-corrected chi connectivity index (χ3v) is 4.09. The smallest absolute Gasteiger partial charge is 0.204 e. The first-order chi connectivity index (χ1) is 12.3. The fourth-order valence-corrected chi connectivity index (χ4v) is 2.88. The number of benzene rings is 1. The van der Waals surface area contributed by atoms with Crippen molar-refractivity contribution in [1.82, 2.24) is 46.2 Å². The molecule has 27 heavy (non-hydrogen) atoms. The van der Waals surface area contributed by atoms with E-state index in [0.717, 1.165) is 16.5 Å². The fourth-order valence-electron chi connectivity index (χ4n) is 2.88. The Morgan fingerprint density at radius 1 is 0.963 bits per heavy atom. The van der Waals surface area contributed by atoms with Crippen molar-refractivity contribution in [2.75, 3.05) is 0 Å². The number of aromatic amines is 2. The van der Waals surface area contributed by atoms with Crippen LogP contribution in [0.2, 0.25) is 0 Å². The van der Waals surface area contributed by atoms with Gasteiger partial charge in [-0.1, -0.05) is 23.4 Å². The van der Waals surface area contributed by atoms with Gasteiger partial charge >= 0.3 is 0 Å². The average Bonchev–Trinajstić information content (AvgIpc) is 3.34. The van der Waals surface area contributed by atoms with Gasteiger partial charge in [-0.15, -0.1) is 20.4 Å². The minimum Gasteiger partial charge on any atom is -0.293 e. The van der Waals surface area contributed by atoms with Crippen LogP contribution >= 0.6 is 0 Å². The Labute approximate surface area is 196 Å². The maximum atomic E-state index is 12.8. The van der Waals surface area contributed by atoms with E-state index < -0.39 is 5.92 Å². The molecule has 0 bridgehead atoms. The van der Waals surface area contributed by atoms with Crippen molar-refractivity contribution in [3.63, 3.8) is 0 Å². The van der Waals surface area contributed by atoms with Crippen LogP contribution in [0.15, 0.2) is 30.3 Å². The van der Waals surface area contributed by atoms with E-state index in [9.17, 15) is 4.79 Å². The van der Waals surface area contributed by atoms with Crippen molar-refractivity contribution in [3.8, 4) is 11.4 Å². The predicted molar refractivity (Wildman–Crippen MR) is 96.7 cm³/mol. The molecule has 0 saturated heterocycles. The van der Waals surface area contributed by atoms with Crippen molar-refractivity contribution in [3.05, 3.63) is 47.4 Å². The summed E-state index contributed by atoms with van der Waals surface area (Å²) in [5, 5.41) is 28.5. The van der Waals surface area contributed by atoms with E-state index in [1.54, 1.807) is 12.2 Å². The topological polar surface area (TPSA) is 139 Å². The molecule has 4 aromatic rings. The minimum absolute atomic E-state index is 0. The van der Waals surface area contributed by atoms with E-state index in [1.165, 1.54) is 0 Å². The van der Waals surface area contributed by atoms with Gasteiger partial charge in [0.25, 0.3) is 0 Å². The standard InChI is InChI=1S/C15H9N9O.2Na/c25-13-9(15-19-23-24-20-15)3-4-11-10(13)5-7-1-2-8(6-12(7)16-11)14-17-21-22-18-14;;/h1-6,9H,(H,17,18,21,22)(H,19,20,23,24);;. The quantitative estimate of drug-likeness (QED) is 0.471. The zero-order valence-corrected chi connectivity index (χ0v) is 18.6. The number of H-pyrrole nitrogens is 2. The van der Waals surface area contributed by atoms with E-state index in [4.69, 9.17) is 0 Å². The summed E-state index contributed by atoms with van der Waals surface area (Å²) in [4.78, 5) is 17.4. The Morgan fingerprint density at radius 2 is 1.78 bits per heavy atom. The normalized spacial score (nSPS) is 15.1. The van der Waals surface area contributed by atoms with Crippen molar-refractivity contribution in [2.45, 2.75) is 5.92 Å². The van der Waals surface area contributed by atoms with Gasteiger partial charge in [0.2, 0.25) is 5.82 Å². The first-order valence-corrected chi connectivity index (χ1v) is 7.44. The molecule has 0 spiro atoms. The molecule has 0 aliphatic heterocycles. The molecule has 5 rings (SSSR count). The average molecular weight is 377 g/mol. The fraction of sp³-hybridized carbons (Fsp3) is 0.0667. The molecule has 12 heteroatoms. The number of tetrazole rings is 2. The molecular weight excluding hydrogens is 368 g/mol. The van der Waals surface area contributed by atoms with Gasteiger partial charge in [0.15, 0.2) is 11.6 Å². The van der Waals surface area contributed by atoms with Crippen LogP contribution < -0.4 is 0 Å². The molecule has 1 aromatic carbocycles. The first-order valence-electron chi connectivity index (χ1n) is 7.44. The third-order valence-electron chi connectivity index (χ3n) is 4.09. The number of allylic oxidation sites excluding steroid dienone is 1. The first kappa shape index (κ1) is 19.9. The van der Waals surface area contributed by atoms with Crippen molar-refractivity contribution in [1.29, 1.82) is 0 Å². The molecule has 1 aliphatic rings. The number of fused-ring (bicyclic) bond motifs is 2. The number of ketones is 1. The molecule has 0 amide bonds. The summed E-state index contributed by atoms with van der Waals surface area (Å²) in [6.45, 7) is 0. The van der Waals surface area contributed by atoms with Crippen LogP contribution in [0.5, 0.6) is 0 Å². The maximum Gasteiger partial charge on any atom is 0.204 e. The van der Waals surface area contributed by atoms with Gasteiger partial charge in [0, 0.05) is 75.6 Å². The third kappa shape index (κ3) is 3.51. The summed E-state index contributed by atoms with van der Waals surface area (Å²) in [6.07, 6.45) is 3.54. The summed E-state index contributed by atoms with van der Waals surface area (Å²) >= 11 is 0. The van der Waals surface area contributed by atoms with Gasteiger partial charge in [-0.3, -0.25) is 4.79 Å². The van der Waals surface area contributed by atoms with Crippen LogP contribution in [0.1, 0.15) is 27.8 Å². The number of rotatable bonds is 2. The van der Waals surface area contributed by atoms with Gasteiger partial charge in [0.1, 0.15) is 5.92 Å². The molecule has 2 N–H and O–H groups in total. The van der Waals surface area contributed by atoms with E-state index in [-0.39, 0.29) is 64.9 Å². The van der Waals surface area contributed by atoms with Crippen LogP contribution in [0.25, 0.3) is 28.4 Å². The van der Waals surface area contributed by atoms with Crippen LogP contribution in [-0.4, -0.2) is 111 Å². The molecule has 1 atom stereocenters. The second kappa shape index (κ2) is 8.05. The molecule has 3 heterocycles. The molecule has 0 saturated carbocycles. The molecular formula is C15H9N9Na2O. The van der Waals surface area contributed by atoms with Crippen molar-refractivity contribution >= 4 is 81.9 Å². The summed E-state index contributed by atoms with van der Waals surface area (Å²) in [5.74, 6) is 0.185. The number of pyridine rings is 1. The van der Waals surface area contributed by atoms with Crippen LogP contribution in [0.4, 0.5) is 0 Å². The SMILES string of the molecule is O=C1c2cc3ccc(-c4nn[nH]n4)cc3nc2C=CC1c1nn[nH]n1.[Na].[Na]. The molecule has 2 radical (unpaired) electrons. The zero-order chi connectivity index (χ0) is 16.8. The number of Topliss-reactive ketones (excluding diaryl/α,β-unsaturated/α-hetero) is 1. The zero-order valence-electron chi connectivity index (χ0n) is 14.6. The second-order valence-electron chi connectivity index (χ2n) is 5.54. The molecule has 1 aliphatic carbocycles. The van der Waals surface area contributed by atoms with E-state index in [2.05, 4.69) is 46.2 Å². The van der Waals surface area contributed by atoms with Crippen LogP contribution in [0.3, 0.4) is 0 Å². The van der Waals surface area contributed by atoms with Crippen molar-refractivity contribution in [2.24, 2.45) is 0 Å². The van der Waals surface area contributed by atoms with E-state index in [0.29, 0.717) is 22.9 Å². The number of carbonyl (C=O) groups is 1. The largest absolute Gasteiger partial charge is 0.293 e. The summed E-state index contributed by atoms with van der Waals surface area (Å²) < 4.78 is 0. The monoisotopic (exact) mass is 377 g/mol. The van der Waals surface area contributed by atoms with Crippen molar-refractivity contribution < 1.29 is 4.79 Å². The second-order valence-corrected chi connectivity index (χ2v) is 5.54. The molecule has 1 unspecified atom stereocenters. The number of nitrogens with one attached hydrogen (secondary N) is 2. The Morgan fingerprint density at radius 3 is 2.52 bits per heavy atom. The molecule has 122 valence electrons. The number of nitrogens with zero attached hydrogens (tertiary/aromatic N) is 7.